The third kappa shape index (κ3) is 4.10. The monoisotopic (exact) mass is 283 g/mol. The number of hydrogen-bond donors (Lipinski definition) is 2. The zero-order valence-electron chi connectivity index (χ0n) is 12.2. The molecular formula is C14H25N3O3. The summed E-state index contributed by atoms with van der Waals surface area (Å²) in [5.74, 6) is -1.21. The third-order valence-corrected chi connectivity index (χ3v) is 4.20. The highest BCUT2D eigenvalue weighted by Gasteiger charge is 2.29. The predicted molar refractivity (Wildman–Crippen MR) is 75.6 cm³/mol. The molecule has 1 saturated carbocycles. The highest BCUT2D eigenvalue weighted by molar-refractivity contribution is 5.76. The van der Waals surface area contributed by atoms with E-state index in [0.29, 0.717) is 32.1 Å². The van der Waals surface area contributed by atoms with Gasteiger partial charge < -0.3 is 15.3 Å². The van der Waals surface area contributed by atoms with Crippen LogP contribution < -0.4 is 5.32 Å². The van der Waals surface area contributed by atoms with Gasteiger partial charge in [-0.05, 0) is 32.2 Å². The molecule has 1 aliphatic heterocycles. The molecular weight excluding hydrogens is 258 g/mol. The summed E-state index contributed by atoms with van der Waals surface area (Å²) in [6, 6.07) is 0.589. The zero-order valence-corrected chi connectivity index (χ0v) is 12.2. The lowest BCUT2D eigenvalue weighted by Crippen LogP contribution is -2.48. The SMILES string of the molecule is CCN(CCNC(=O)N1CCCC(C(=O)O)C1)C1CC1. The largest absolute Gasteiger partial charge is 0.481 e. The second kappa shape index (κ2) is 6.92. The van der Waals surface area contributed by atoms with Gasteiger partial charge >= 0.3 is 12.0 Å². The number of urea groups is 1. The van der Waals surface area contributed by atoms with E-state index in [4.69, 9.17) is 5.11 Å². The van der Waals surface area contributed by atoms with Crippen molar-refractivity contribution in [2.75, 3.05) is 32.7 Å². The molecule has 0 aromatic heterocycles. The van der Waals surface area contributed by atoms with Crippen molar-refractivity contribution in [3.8, 4) is 0 Å². The smallest absolute Gasteiger partial charge is 0.317 e. The molecule has 0 aromatic rings. The number of aliphatic carboxylic acids is 1. The molecule has 1 saturated heterocycles. The fraction of sp³-hybridized carbons (Fsp3) is 0.857. The quantitative estimate of drug-likeness (QED) is 0.762. The first kappa shape index (κ1) is 15.1. The van der Waals surface area contributed by atoms with E-state index in [1.54, 1.807) is 4.90 Å². The molecule has 20 heavy (non-hydrogen) atoms. The average Bonchev–Trinajstić information content (AvgIpc) is 3.28. The Kier molecular flexibility index (Phi) is 5.23. The minimum Gasteiger partial charge on any atom is -0.481 e. The molecule has 1 heterocycles. The van der Waals surface area contributed by atoms with Crippen LogP contribution in [0.5, 0.6) is 0 Å². The molecule has 1 unspecified atom stereocenters. The average molecular weight is 283 g/mol. The van der Waals surface area contributed by atoms with Crippen molar-refractivity contribution in [3.05, 3.63) is 0 Å². The summed E-state index contributed by atoms with van der Waals surface area (Å²) < 4.78 is 0. The normalized spacial score (nSPS) is 22.9. The van der Waals surface area contributed by atoms with Crippen LogP contribution in [0.3, 0.4) is 0 Å². The Labute approximate surface area is 120 Å². The van der Waals surface area contributed by atoms with Gasteiger partial charge in [-0.15, -0.1) is 0 Å². The van der Waals surface area contributed by atoms with Gasteiger partial charge in [0.25, 0.3) is 0 Å². The number of rotatable bonds is 6. The zero-order chi connectivity index (χ0) is 14.5. The molecule has 0 aromatic carbocycles. The van der Waals surface area contributed by atoms with Gasteiger partial charge in [0.2, 0.25) is 0 Å². The van der Waals surface area contributed by atoms with E-state index in [-0.39, 0.29) is 6.03 Å². The van der Waals surface area contributed by atoms with Crippen molar-refractivity contribution >= 4 is 12.0 Å². The minimum atomic E-state index is -0.798. The van der Waals surface area contributed by atoms with Gasteiger partial charge in [0.1, 0.15) is 0 Å². The Morgan fingerprint density at radius 2 is 2.10 bits per heavy atom. The molecule has 2 aliphatic rings. The fourth-order valence-electron chi connectivity index (χ4n) is 2.82. The molecule has 2 amide bonds. The van der Waals surface area contributed by atoms with E-state index in [2.05, 4.69) is 17.1 Å². The van der Waals surface area contributed by atoms with Gasteiger partial charge in [-0.3, -0.25) is 9.69 Å². The highest BCUT2D eigenvalue weighted by Crippen LogP contribution is 2.25. The van der Waals surface area contributed by atoms with E-state index in [1.165, 1.54) is 12.8 Å². The van der Waals surface area contributed by atoms with E-state index < -0.39 is 11.9 Å². The Morgan fingerprint density at radius 3 is 2.70 bits per heavy atom. The van der Waals surface area contributed by atoms with Crippen molar-refractivity contribution in [2.45, 2.75) is 38.6 Å². The summed E-state index contributed by atoms with van der Waals surface area (Å²) in [5, 5.41) is 11.9. The topological polar surface area (TPSA) is 72.9 Å². The van der Waals surface area contributed by atoms with Crippen molar-refractivity contribution < 1.29 is 14.7 Å². The molecule has 1 aliphatic carbocycles. The van der Waals surface area contributed by atoms with Crippen LogP contribution in [-0.2, 0) is 4.79 Å². The van der Waals surface area contributed by atoms with Crippen molar-refractivity contribution in [1.29, 1.82) is 0 Å². The molecule has 6 nitrogen and oxygen atoms in total. The fourth-order valence-corrected chi connectivity index (χ4v) is 2.82. The van der Waals surface area contributed by atoms with E-state index in [1.807, 2.05) is 0 Å². The van der Waals surface area contributed by atoms with Crippen molar-refractivity contribution in [1.82, 2.24) is 15.1 Å². The maximum atomic E-state index is 12.0. The first-order valence-electron chi connectivity index (χ1n) is 7.61. The van der Waals surface area contributed by atoms with Crippen LogP contribution in [0.1, 0.15) is 32.6 Å². The van der Waals surface area contributed by atoms with E-state index in [9.17, 15) is 9.59 Å². The van der Waals surface area contributed by atoms with Gasteiger partial charge in [0.15, 0.2) is 0 Å². The van der Waals surface area contributed by atoms with Gasteiger partial charge in [-0.25, -0.2) is 4.79 Å². The summed E-state index contributed by atoms with van der Waals surface area (Å²) in [6.45, 7) is 5.67. The van der Waals surface area contributed by atoms with Crippen LogP contribution >= 0.6 is 0 Å². The number of piperidine rings is 1. The van der Waals surface area contributed by atoms with Crippen LogP contribution in [0.25, 0.3) is 0 Å². The summed E-state index contributed by atoms with van der Waals surface area (Å²) in [4.78, 5) is 27.0. The van der Waals surface area contributed by atoms with Crippen LogP contribution in [0.4, 0.5) is 4.79 Å². The molecule has 0 spiro atoms. The van der Waals surface area contributed by atoms with Gasteiger partial charge in [-0.1, -0.05) is 6.92 Å². The van der Waals surface area contributed by atoms with Crippen LogP contribution in [0.15, 0.2) is 0 Å². The predicted octanol–water partition coefficient (Wildman–Crippen LogP) is 0.977. The minimum absolute atomic E-state index is 0.122. The standard InChI is InChI=1S/C14H25N3O3/c1-2-16(12-5-6-12)9-7-15-14(20)17-8-3-4-11(10-17)13(18)19/h11-12H,2-10H2,1H3,(H,15,20)(H,18,19). The number of likely N-dealkylation sites (tertiary alicyclic amines) is 1. The molecule has 2 rings (SSSR count). The first-order chi connectivity index (χ1) is 9.61. The van der Waals surface area contributed by atoms with Gasteiger partial charge in [-0.2, -0.15) is 0 Å². The lowest BCUT2D eigenvalue weighted by molar-refractivity contribution is -0.143. The summed E-state index contributed by atoms with van der Waals surface area (Å²) in [6.07, 6.45) is 3.99. The lowest BCUT2D eigenvalue weighted by Gasteiger charge is -2.31. The van der Waals surface area contributed by atoms with Crippen molar-refractivity contribution in [2.24, 2.45) is 5.92 Å². The van der Waals surface area contributed by atoms with E-state index >= 15 is 0 Å². The number of carboxylic acids is 1. The van der Waals surface area contributed by atoms with E-state index in [0.717, 1.165) is 19.5 Å². The molecule has 0 bridgehead atoms. The maximum absolute atomic E-state index is 12.0. The number of carboxylic acid groups (broad SMARTS) is 1. The van der Waals surface area contributed by atoms with Crippen LogP contribution in [0, 0.1) is 5.92 Å². The Morgan fingerprint density at radius 1 is 1.35 bits per heavy atom. The number of likely N-dealkylation sites (N-methyl/N-ethyl adjacent to an activating group) is 1. The molecule has 6 heteroatoms. The molecule has 2 fully saturated rings. The van der Waals surface area contributed by atoms with Crippen LogP contribution in [0.2, 0.25) is 0 Å². The Bertz CT molecular complexity index is 358. The number of hydrogen-bond acceptors (Lipinski definition) is 3. The van der Waals surface area contributed by atoms with Gasteiger partial charge in [0, 0.05) is 32.2 Å². The maximum Gasteiger partial charge on any atom is 0.317 e. The summed E-state index contributed by atoms with van der Waals surface area (Å²) in [5.41, 5.74) is 0. The molecule has 2 N–H and O–H groups in total. The highest BCUT2D eigenvalue weighted by atomic mass is 16.4. The number of carbonyl (C=O) groups excluding carboxylic acids is 1. The molecule has 0 radical (unpaired) electrons. The Hall–Kier alpha value is -1.30. The summed E-state index contributed by atoms with van der Waals surface area (Å²) in [7, 11) is 0. The van der Waals surface area contributed by atoms with Crippen LogP contribution in [-0.4, -0.2) is 65.7 Å². The summed E-state index contributed by atoms with van der Waals surface area (Å²) >= 11 is 0. The van der Waals surface area contributed by atoms with Crippen molar-refractivity contribution in [3.63, 3.8) is 0 Å². The Balaban J connectivity index is 1.69. The third-order valence-electron chi connectivity index (χ3n) is 4.20. The number of nitrogens with one attached hydrogen (secondary N) is 1. The second-order valence-corrected chi connectivity index (χ2v) is 5.72. The number of nitrogens with zero attached hydrogens (tertiary/aromatic N) is 2. The molecule has 114 valence electrons. The second-order valence-electron chi connectivity index (χ2n) is 5.72. The number of amides is 2. The van der Waals surface area contributed by atoms with Gasteiger partial charge in [0.05, 0.1) is 5.92 Å². The lowest BCUT2D eigenvalue weighted by atomic mass is 9.99. The number of carbonyl (C=O) groups is 2. The first-order valence-corrected chi connectivity index (χ1v) is 7.61. The molecule has 1 atom stereocenters.